The van der Waals surface area contributed by atoms with E-state index in [1.165, 1.54) is 18.3 Å². The van der Waals surface area contributed by atoms with Crippen molar-refractivity contribution in [3.05, 3.63) is 40.6 Å². The molecule has 0 unspecified atom stereocenters. The molecule has 0 aliphatic rings. The van der Waals surface area contributed by atoms with E-state index in [1.54, 1.807) is 12.1 Å². The van der Waals surface area contributed by atoms with Crippen LogP contribution in [0.3, 0.4) is 0 Å². The number of hydrogen-bond acceptors (Lipinski definition) is 2. The second-order valence-corrected chi connectivity index (χ2v) is 2.66. The lowest BCUT2D eigenvalue weighted by molar-refractivity contribution is -0.383. The van der Waals surface area contributed by atoms with Gasteiger partial charge in [-0.15, -0.1) is 0 Å². The van der Waals surface area contributed by atoms with Crippen LogP contribution in [0.25, 0.3) is 10.9 Å². The van der Waals surface area contributed by atoms with Crippen LogP contribution in [-0.2, 0) is 6.98 Å². The fourth-order valence-corrected chi connectivity index (χ4v) is 1.32. The van der Waals surface area contributed by atoms with Gasteiger partial charge in [0.15, 0.2) is 0 Å². The molecule has 0 fully saturated rings. The monoisotopic (exact) mass is 179 g/mol. The number of nitro groups is 1. The van der Waals surface area contributed by atoms with Crippen LogP contribution in [0.15, 0.2) is 30.5 Å². The number of fused-ring (bicyclic) bond motifs is 1. The molecule has 0 radical (unpaired) electrons. The molecular formula is C9H8N2O2. The molecule has 1 aromatic heterocycles. The number of para-hydroxylation sites is 1. The predicted octanol–water partition coefficient (Wildman–Crippen LogP) is 2.09. The molecule has 0 amide bonds. The van der Waals surface area contributed by atoms with Crippen LogP contribution in [0, 0.1) is 10.1 Å². The van der Waals surface area contributed by atoms with E-state index in [1.807, 2.05) is 0 Å². The first-order chi connectivity index (χ1) is 7.41. The van der Waals surface area contributed by atoms with Crippen LogP contribution in [0.1, 0.15) is 4.11 Å². The lowest BCUT2D eigenvalue weighted by Gasteiger charge is -1.97. The van der Waals surface area contributed by atoms with Gasteiger partial charge in [0.05, 0.1) is 4.92 Å². The van der Waals surface area contributed by atoms with Gasteiger partial charge in [-0.25, -0.2) is 0 Å². The van der Waals surface area contributed by atoms with E-state index in [4.69, 9.17) is 4.11 Å². The highest BCUT2D eigenvalue weighted by molar-refractivity contribution is 5.88. The summed E-state index contributed by atoms with van der Waals surface area (Å²) in [6, 6.07) is 6.02. The Kier molecular flexibility index (Phi) is 0.997. The van der Waals surface area contributed by atoms with Crippen LogP contribution >= 0.6 is 0 Å². The third-order valence-electron chi connectivity index (χ3n) is 1.89. The second-order valence-electron chi connectivity index (χ2n) is 2.66. The number of aryl methyl sites for hydroxylation is 1. The molecular weight excluding hydrogens is 168 g/mol. The lowest BCUT2D eigenvalue weighted by Crippen LogP contribution is -1.92. The van der Waals surface area contributed by atoms with Gasteiger partial charge in [0.1, 0.15) is 5.52 Å². The first-order valence-electron chi connectivity index (χ1n) is 5.16. The summed E-state index contributed by atoms with van der Waals surface area (Å²) in [4.78, 5) is 10.2. The molecule has 0 aliphatic carbocycles. The zero-order valence-corrected chi connectivity index (χ0v) is 6.60. The van der Waals surface area contributed by atoms with Gasteiger partial charge in [0.25, 0.3) is 5.69 Å². The molecule has 0 bridgehead atoms. The Balaban J connectivity index is 2.83. The Hall–Kier alpha value is -1.84. The average Bonchev–Trinajstić information content (AvgIpc) is 2.59. The van der Waals surface area contributed by atoms with Crippen LogP contribution in [-0.4, -0.2) is 9.49 Å². The van der Waals surface area contributed by atoms with Crippen LogP contribution in [0.5, 0.6) is 0 Å². The zero-order valence-electron chi connectivity index (χ0n) is 9.60. The minimum absolute atomic E-state index is 0.132. The molecule has 0 N–H and O–H groups in total. The first-order valence-corrected chi connectivity index (χ1v) is 3.66. The lowest BCUT2D eigenvalue weighted by atomic mass is 10.2. The van der Waals surface area contributed by atoms with Crippen molar-refractivity contribution in [2.75, 3.05) is 0 Å². The minimum atomic E-state index is -2.41. The summed E-state index contributed by atoms with van der Waals surface area (Å²) in [5.74, 6) is 0. The minimum Gasteiger partial charge on any atom is -0.345 e. The van der Waals surface area contributed by atoms with E-state index >= 15 is 0 Å². The molecule has 2 aromatic rings. The molecule has 0 spiro atoms. The van der Waals surface area contributed by atoms with Gasteiger partial charge in [-0.3, -0.25) is 10.1 Å². The number of rotatable bonds is 1. The Morgan fingerprint density at radius 3 is 3.08 bits per heavy atom. The summed E-state index contributed by atoms with van der Waals surface area (Å²) in [6.07, 6.45) is 1.34. The standard InChI is InChI=1S/C9H8N2O2/c1-10-6-5-7-3-2-4-8(9(7)10)11(12)13/h2-6H,1H3/i1D3. The number of nitro benzene ring substituents is 1. The topological polar surface area (TPSA) is 48.1 Å². The van der Waals surface area contributed by atoms with Crippen molar-refractivity contribution in [1.29, 1.82) is 0 Å². The van der Waals surface area contributed by atoms with Crippen molar-refractivity contribution < 1.29 is 9.04 Å². The van der Waals surface area contributed by atoms with Crippen molar-refractivity contribution >= 4 is 16.6 Å². The van der Waals surface area contributed by atoms with E-state index in [-0.39, 0.29) is 11.2 Å². The second kappa shape index (κ2) is 2.58. The molecule has 0 atom stereocenters. The molecule has 2 rings (SSSR count). The van der Waals surface area contributed by atoms with E-state index in [9.17, 15) is 10.1 Å². The first kappa shape index (κ1) is 5.01. The summed E-state index contributed by atoms with van der Waals surface area (Å²) >= 11 is 0. The highest BCUT2D eigenvalue weighted by Crippen LogP contribution is 2.25. The largest absolute Gasteiger partial charge is 0.345 e. The average molecular weight is 179 g/mol. The molecule has 1 aromatic carbocycles. The van der Waals surface area contributed by atoms with E-state index in [2.05, 4.69) is 0 Å². The highest BCUT2D eigenvalue weighted by atomic mass is 16.6. The number of nitrogens with zero attached hydrogens (tertiary/aromatic N) is 2. The van der Waals surface area contributed by atoms with Crippen molar-refractivity contribution in [2.45, 2.75) is 0 Å². The summed E-state index contributed by atoms with van der Waals surface area (Å²) in [7, 11) is 0. The molecule has 0 aliphatic heterocycles. The van der Waals surface area contributed by atoms with Gasteiger partial charge in [0.2, 0.25) is 0 Å². The third kappa shape index (κ3) is 1.07. The highest BCUT2D eigenvalue weighted by Gasteiger charge is 2.12. The van der Waals surface area contributed by atoms with Gasteiger partial charge >= 0.3 is 0 Å². The molecule has 0 saturated carbocycles. The van der Waals surface area contributed by atoms with E-state index < -0.39 is 11.9 Å². The summed E-state index contributed by atoms with van der Waals surface area (Å²) in [5.41, 5.74) is -0.0638. The van der Waals surface area contributed by atoms with Crippen molar-refractivity contribution in [3.8, 4) is 0 Å². The SMILES string of the molecule is [2H]C([2H])([2H])n1ccc2cccc([N+](=O)[O-])c21. The maximum atomic E-state index is 10.8. The quantitative estimate of drug-likeness (QED) is 0.497. The Labute approximate surface area is 78.8 Å². The van der Waals surface area contributed by atoms with Crippen LogP contribution in [0.2, 0.25) is 0 Å². The van der Waals surface area contributed by atoms with Gasteiger partial charge in [0, 0.05) is 28.7 Å². The number of hydrogen-bond donors (Lipinski definition) is 0. The predicted molar refractivity (Wildman–Crippen MR) is 49.6 cm³/mol. The third-order valence-corrected chi connectivity index (χ3v) is 1.89. The maximum absolute atomic E-state index is 10.8. The molecule has 0 saturated heterocycles. The summed E-state index contributed by atoms with van der Waals surface area (Å²) < 4.78 is 22.8. The Morgan fingerprint density at radius 2 is 2.38 bits per heavy atom. The van der Waals surface area contributed by atoms with E-state index in [0.29, 0.717) is 5.39 Å². The van der Waals surface area contributed by atoms with Gasteiger partial charge in [-0.1, -0.05) is 12.1 Å². The fourth-order valence-electron chi connectivity index (χ4n) is 1.32. The molecule has 4 heteroatoms. The smallest absolute Gasteiger partial charge is 0.293 e. The van der Waals surface area contributed by atoms with Gasteiger partial charge in [-0.05, 0) is 6.07 Å². The number of benzene rings is 1. The molecule has 13 heavy (non-hydrogen) atoms. The number of aromatic nitrogens is 1. The fraction of sp³-hybridized carbons (Fsp3) is 0.111. The van der Waals surface area contributed by atoms with Crippen molar-refractivity contribution in [2.24, 2.45) is 6.98 Å². The number of non-ortho nitro benzene ring substituents is 1. The molecule has 66 valence electrons. The molecule has 4 nitrogen and oxygen atoms in total. The van der Waals surface area contributed by atoms with Crippen molar-refractivity contribution in [3.63, 3.8) is 0 Å². The maximum Gasteiger partial charge on any atom is 0.293 e. The van der Waals surface area contributed by atoms with Crippen LogP contribution < -0.4 is 0 Å². The normalized spacial score (nSPS) is 14.9. The van der Waals surface area contributed by atoms with Gasteiger partial charge < -0.3 is 4.57 Å². The van der Waals surface area contributed by atoms with Gasteiger partial charge in [-0.2, -0.15) is 0 Å². The Morgan fingerprint density at radius 1 is 1.54 bits per heavy atom. The summed E-state index contributed by atoms with van der Waals surface area (Å²) in [6.45, 7) is -2.41. The molecule has 1 heterocycles. The summed E-state index contributed by atoms with van der Waals surface area (Å²) in [5, 5.41) is 11.3. The van der Waals surface area contributed by atoms with E-state index in [0.717, 1.165) is 4.57 Å². The zero-order chi connectivity index (χ0) is 11.9. The van der Waals surface area contributed by atoms with Crippen molar-refractivity contribution in [1.82, 2.24) is 4.57 Å². The van der Waals surface area contributed by atoms with Crippen LogP contribution in [0.4, 0.5) is 5.69 Å². The Bertz CT molecular complexity index is 559.